The summed E-state index contributed by atoms with van der Waals surface area (Å²) in [5, 5.41) is 0. The van der Waals surface area contributed by atoms with Crippen LogP contribution in [-0.2, 0) is 4.74 Å². The molecular weight excluding hydrogens is 254 g/mol. The smallest absolute Gasteiger partial charge is 0.337 e. The highest BCUT2D eigenvalue weighted by molar-refractivity contribution is 5.90. The zero-order valence-corrected chi connectivity index (χ0v) is 11.8. The van der Waals surface area contributed by atoms with E-state index >= 15 is 0 Å². The molecule has 0 spiro atoms. The van der Waals surface area contributed by atoms with Gasteiger partial charge in [0.2, 0.25) is 0 Å². The van der Waals surface area contributed by atoms with E-state index in [0.29, 0.717) is 29.5 Å². The van der Waals surface area contributed by atoms with Gasteiger partial charge in [0, 0.05) is 0 Å². The first kappa shape index (κ1) is 13.3. The molecule has 3 atom stereocenters. The molecule has 108 valence electrons. The molecule has 2 aliphatic rings. The average Bonchev–Trinajstić information content (AvgIpc) is 3.08. The Labute approximate surface area is 119 Å². The summed E-state index contributed by atoms with van der Waals surface area (Å²) >= 11 is 0. The maximum Gasteiger partial charge on any atom is 0.337 e. The van der Waals surface area contributed by atoms with Crippen LogP contribution in [0.25, 0.3) is 0 Å². The van der Waals surface area contributed by atoms with Crippen molar-refractivity contribution in [1.29, 1.82) is 0 Å². The molecule has 0 aromatic heterocycles. The number of carbonyl (C=O) groups is 1. The molecule has 4 heteroatoms. The van der Waals surface area contributed by atoms with Gasteiger partial charge in [-0.15, -0.1) is 0 Å². The molecule has 2 saturated carbocycles. The van der Waals surface area contributed by atoms with Gasteiger partial charge < -0.3 is 15.2 Å². The standard InChI is InChI=1S/C16H21NO3/c1-19-16(18)12-4-5-14(17)15(8-12)20-9-13-7-10-2-3-11(13)6-10/h4-5,8,10-11,13H,2-3,6-7,9,17H2,1H3. The van der Waals surface area contributed by atoms with E-state index in [2.05, 4.69) is 0 Å². The van der Waals surface area contributed by atoms with Crippen molar-refractivity contribution in [2.24, 2.45) is 17.8 Å². The van der Waals surface area contributed by atoms with E-state index in [1.807, 2.05) is 0 Å². The Morgan fingerprint density at radius 1 is 1.35 bits per heavy atom. The van der Waals surface area contributed by atoms with E-state index < -0.39 is 0 Å². The highest BCUT2D eigenvalue weighted by Gasteiger charge is 2.39. The first-order chi connectivity index (χ1) is 9.67. The van der Waals surface area contributed by atoms with E-state index in [1.165, 1.54) is 32.8 Å². The number of esters is 1. The van der Waals surface area contributed by atoms with Gasteiger partial charge in [0.25, 0.3) is 0 Å². The molecule has 0 heterocycles. The van der Waals surface area contributed by atoms with Crippen molar-refractivity contribution in [2.45, 2.75) is 25.7 Å². The van der Waals surface area contributed by atoms with E-state index in [1.54, 1.807) is 18.2 Å². The minimum Gasteiger partial charge on any atom is -0.491 e. The number of carbonyl (C=O) groups excluding carboxylic acids is 1. The SMILES string of the molecule is COC(=O)c1ccc(N)c(OCC2CC3CCC2C3)c1. The Bertz CT molecular complexity index is 514. The van der Waals surface area contributed by atoms with Gasteiger partial charge in [-0.25, -0.2) is 4.79 Å². The molecule has 1 aromatic carbocycles. The molecular formula is C16H21NO3. The third-order valence-electron chi connectivity index (χ3n) is 4.77. The van der Waals surface area contributed by atoms with Gasteiger partial charge in [-0.2, -0.15) is 0 Å². The van der Waals surface area contributed by atoms with E-state index in [-0.39, 0.29) is 5.97 Å². The molecule has 0 saturated heterocycles. The molecule has 2 bridgehead atoms. The van der Waals surface area contributed by atoms with Crippen LogP contribution in [0.4, 0.5) is 5.69 Å². The number of hydrogen-bond acceptors (Lipinski definition) is 4. The maximum atomic E-state index is 11.5. The average molecular weight is 275 g/mol. The van der Waals surface area contributed by atoms with Crippen LogP contribution in [0.3, 0.4) is 0 Å². The molecule has 0 aliphatic heterocycles. The quantitative estimate of drug-likeness (QED) is 0.678. The largest absolute Gasteiger partial charge is 0.491 e. The number of ether oxygens (including phenoxy) is 2. The Morgan fingerprint density at radius 3 is 2.85 bits per heavy atom. The van der Waals surface area contributed by atoms with Crippen LogP contribution < -0.4 is 10.5 Å². The molecule has 3 rings (SSSR count). The van der Waals surface area contributed by atoms with Gasteiger partial charge in [0.15, 0.2) is 0 Å². The number of methoxy groups -OCH3 is 1. The monoisotopic (exact) mass is 275 g/mol. The fraction of sp³-hybridized carbons (Fsp3) is 0.562. The summed E-state index contributed by atoms with van der Waals surface area (Å²) in [6.07, 6.45) is 5.38. The van der Waals surface area contributed by atoms with Crippen molar-refractivity contribution in [3.63, 3.8) is 0 Å². The maximum absolute atomic E-state index is 11.5. The molecule has 3 unspecified atom stereocenters. The Hall–Kier alpha value is -1.71. The Morgan fingerprint density at radius 2 is 2.20 bits per heavy atom. The molecule has 2 N–H and O–H groups in total. The predicted molar refractivity (Wildman–Crippen MR) is 76.6 cm³/mol. The Balaban J connectivity index is 1.66. The van der Waals surface area contributed by atoms with Crippen LogP contribution in [0, 0.1) is 17.8 Å². The fourth-order valence-corrected chi connectivity index (χ4v) is 3.68. The van der Waals surface area contributed by atoms with Crippen LogP contribution in [0.1, 0.15) is 36.0 Å². The highest BCUT2D eigenvalue weighted by Crippen LogP contribution is 2.48. The molecule has 0 amide bonds. The van der Waals surface area contributed by atoms with Gasteiger partial charge in [0.05, 0.1) is 25.0 Å². The second-order valence-corrected chi connectivity index (χ2v) is 5.99. The minimum absolute atomic E-state index is 0.366. The van der Waals surface area contributed by atoms with Gasteiger partial charge >= 0.3 is 5.97 Å². The van der Waals surface area contributed by atoms with E-state index in [9.17, 15) is 4.79 Å². The molecule has 2 aliphatic carbocycles. The number of anilines is 1. The van der Waals surface area contributed by atoms with Crippen molar-refractivity contribution >= 4 is 11.7 Å². The van der Waals surface area contributed by atoms with Crippen molar-refractivity contribution in [3.05, 3.63) is 23.8 Å². The number of benzene rings is 1. The topological polar surface area (TPSA) is 61.5 Å². The van der Waals surface area contributed by atoms with E-state index in [4.69, 9.17) is 15.2 Å². The third-order valence-corrected chi connectivity index (χ3v) is 4.77. The Kier molecular flexibility index (Phi) is 3.55. The number of nitrogens with two attached hydrogens (primary N) is 1. The van der Waals surface area contributed by atoms with Crippen LogP contribution >= 0.6 is 0 Å². The van der Waals surface area contributed by atoms with Crippen LogP contribution in [-0.4, -0.2) is 19.7 Å². The normalized spacial score (nSPS) is 27.6. The molecule has 20 heavy (non-hydrogen) atoms. The second-order valence-electron chi connectivity index (χ2n) is 5.99. The minimum atomic E-state index is -0.366. The lowest BCUT2D eigenvalue weighted by Crippen LogP contribution is -2.19. The summed E-state index contributed by atoms with van der Waals surface area (Å²) in [5.41, 5.74) is 6.96. The molecule has 0 radical (unpaired) electrons. The molecule has 4 nitrogen and oxygen atoms in total. The summed E-state index contributed by atoms with van der Waals surface area (Å²) in [6, 6.07) is 5.03. The van der Waals surface area contributed by atoms with Crippen molar-refractivity contribution < 1.29 is 14.3 Å². The summed E-state index contributed by atoms with van der Waals surface area (Å²) in [7, 11) is 1.37. The molecule has 2 fully saturated rings. The fourth-order valence-electron chi connectivity index (χ4n) is 3.68. The van der Waals surface area contributed by atoms with Crippen molar-refractivity contribution in [2.75, 3.05) is 19.5 Å². The van der Waals surface area contributed by atoms with Gasteiger partial charge in [-0.1, -0.05) is 6.42 Å². The van der Waals surface area contributed by atoms with Crippen LogP contribution in [0.15, 0.2) is 18.2 Å². The zero-order chi connectivity index (χ0) is 14.1. The third kappa shape index (κ3) is 2.47. The van der Waals surface area contributed by atoms with Crippen molar-refractivity contribution in [1.82, 2.24) is 0 Å². The lowest BCUT2D eigenvalue weighted by Gasteiger charge is -2.22. The zero-order valence-electron chi connectivity index (χ0n) is 11.8. The van der Waals surface area contributed by atoms with E-state index in [0.717, 1.165) is 11.8 Å². The number of nitrogen functional groups attached to an aromatic ring is 1. The summed E-state index contributed by atoms with van der Waals surface area (Å²) in [4.78, 5) is 11.5. The number of hydrogen-bond donors (Lipinski definition) is 1. The summed E-state index contributed by atoms with van der Waals surface area (Å²) < 4.78 is 10.6. The summed E-state index contributed by atoms with van der Waals surface area (Å²) in [5.74, 6) is 2.61. The van der Waals surface area contributed by atoms with Crippen LogP contribution in [0.5, 0.6) is 5.75 Å². The second kappa shape index (κ2) is 5.35. The van der Waals surface area contributed by atoms with Gasteiger partial charge in [0.1, 0.15) is 5.75 Å². The lowest BCUT2D eigenvalue weighted by atomic mass is 9.89. The lowest BCUT2D eigenvalue weighted by molar-refractivity contribution is 0.0600. The van der Waals surface area contributed by atoms with Crippen LogP contribution in [0.2, 0.25) is 0 Å². The van der Waals surface area contributed by atoms with Gasteiger partial charge in [-0.3, -0.25) is 0 Å². The number of fused-ring (bicyclic) bond motifs is 2. The van der Waals surface area contributed by atoms with Crippen molar-refractivity contribution in [3.8, 4) is 5.75 Å². The first-order valence-electron chi connectivity index (χ1n) is 7.28. The van der Waals surface area contributed by atoms with Gasteiger partial charge in [-0.05, 0) is 55.2 Å². The summed E-state index contributed by atoms with van der Waals surface area (Å²) in [6.45, 7) is 0.704. The molecule has 1 aromatic rings. The predicted octanol–water partition coefficient (Wildman–Crippen LogP) is 2.87. The first-order valence-corrected chi connectivity index (χ1v) is 7.28. The highest BCUT2D eigenvalue weighted by atomic mass is 16.5. The number of rotatable bonds is 4.